The van der Waals surface area contributed by atoms with Crippen molar-refractivity contribution in [3.05, 3.63) is 82.7 Å². The van der Waals surface area contributed by atoms with Gasteiger partial charge in [-0.15, -0.1) is 29.1 Å². The molecule has 0 atom stereocenters. The zero-order valence-corrected chi connectivity index (χ0v) is 34.6. The number of pyridine rings is 2. The molecule has 258 valence electrons. The number of aromatic nitrogens is 2. The van der Waals surface area contributed by atoms with Gasteiger partial charge in [-0.1, -0.05) is 99.6 Å². The van der Waals surface area contributed by atoms with Crippen LogP contribution in [0.1, 0.15) is 111 Å². The number of para-hydroxylation sites is 2. The Kier molecular flexibility index (Phi) is 25.4. The van der Waals surface area contributed by atoms with Gasteiger partial charge in [0, 0.05) is 38.7 Å². The van der Waals surface area contributed by atoms with Crippen molar-refractivity contribution in [1.29, 1.82) is 0 Å². The van der Waals surface area contributed by atoms with Gasteiger partial charge in [0.05, 0.1) is 23.2 Å². The van der Waals surface area contributed by atoms with Gasteiger partial charge >= 0.3 is 0 Å². The first-order valence-corrected chi connectivity index (χ1v) is 16.6. The van der Waals surface area contributed by atoms with Crippen molar-refractivity contribution >= 4 is 27.7 Å². The minimum Gasteiger partial charge on any atom is -0.469 e. The van der Waals surface area contributed by atoms with E-state index in [4.69, 9.17) is 15.6 Å². The number of fused-ring (bicyclic) bond motifs is 2. The summed E-state index contributed by atoms with van der Waals surface area (Å²) in [6.07, 6.45) is 0. The predicted octanol–water partition coefficient (Wildman–Crippen LogP) is 9.88. The monoisotopic (exact) mass is 803 g/mol. The van der Waals surface area contributed by atoms with Crippen LogP contribution in [0.2, 0.25) is 0 Å². The number of aryl methyl sites for hydroxylation is 3. The van der Waals surface area contributed by atoms with E-state index in [1.165, 1.54) is 0 Å². The average Bonchev–Trinajstić information content (AvgIpc) is 3.41. The molecule has 6 nitrogen and oxygen atoms in total. The molecule has 7 heteroatoms. The Bertz CT molecular complexity index is 1390. The fourth-order valence-electron chi connectivity index (χ4n) is 3.66. The van der Waals surface area contributed by atoms with E-state index in [1.54, 1.807) is 13.8 Å². The Morgan fingerprint density at radius 2 is 1.26 bits per heavy atom. The number of aliphatic hydroxyl groups is 1. The first-order chi connectivity index (χ1) is 21.3. The molecule has 0 spiro atoms. The van der Waals surface area contributed by atoms with E-state index in [1.807, 2.05) is 119 Å². The van der Waals surface area contributed by atoms with E-state index in [-0.39, 0.29) is 26.7 Å². The van der Waals surface area contributed by atoms with Gasteiger partial charge in [0.15, 0.2) is 0 Å². The fraction of sp³-hybridized carbons (Fsp3) is 0.513. The van der Waals surface area contributed by atoms with Gasteiger partial charge in [0.1, 0.15) is 5.60 Å². The van der Waals surface area contributed by atoms with Crippen molar-refractivity contribution in [1.82, 2.24) is 9.97 Å². The van der Waals surface area contributed by atoms with Crippen molar-refractivity contribution in [3.8, 4) is 0 Å². The molecule has 0 bridgehead atoms. The zero-order valence-electron chi connectivity index (χ0n) is 31.7. The molecule has 2 aromatic carbocycles. The van der Waals surface area contributed by atoms with Gasteiger partial charge in [0.25, 0.3) is 0 Å². The predicted molar refractivity (Wildman–Crippen MR) is 199 cm³/mol. The number of hydrogen-bond donors (Lipinski definition) is 2. The molecule has 0 aliphatic carbocycles. The van der Waals surface area contributed by atoms with E-state index >= 15 is 0 Å². The maximum atomic E-state index is 8.70. The molecule has 5 rings (SSSR count). The summed E-state index contributed by atoms with van der Waals surface area (Å²) in [5, 5.41) is 10.9. The molecule has 3 heterocycles. The Balaban J connectivity index is -0.000000592. The Hall–Kier alpha value is -2.66. The third kappa shape index (κ3) is 15.8. The maximum absolute atomic E-state index is 8.70. The van der Waals surface area contributed by atoms with Crippen LogP contribution in [0.3, 0.4) is 0 Å². The van der Waals surface area contributed by atoms with Gasteiger partial charge in [-0.05, 0) is 64.4 Å². The molecular weight excluding hydrogens is 740 g/mol. The van der Waals surface area contributed by atoms with Crippen LogP contribution in [-0.2, 0) is 25.8 Å². The average molecular weight is 804 g/mol. The summed E-state index contributed by atoms with van der Waals surface area (Å²) in [6.45, 7) is 32.7. The molecule has 2 aromatic heterocycles. The standard InChI is InChI=1S/C16H18N2O.C11H10N.C4H11NO.4C2H6.W/c1-10-11(2)18-13-8-6-5-7-12(13)14(10)15-17-9-16(3,4)19-15;1-8-7-10-5-3-4-6-11(10)12-9(8)2;1-4(2,6)3-5;4*1-2;/h5-8H,9H2,1-4H3;3-6H,1-2H3;6H,3,5H2,1-2H3;4*1-2H3;/q;-1;;;;;;. The van der Waals surface area contributed by atoms with E-state index in [0.717, 1.165) is 55.8 Å². The molecule has 0 radical (unpaired) electrons. The van der Waals surface area contributed by atoms with Crippen LogP contribution in [0, 0.1) is 33.8 Å². The second-order valence-corrected chi connectivity index (χ2v) is 10.7. The van der Waals surface area contributed by atoms with Crippen LogP contribution in [0.4, 0.5) is 0 Å². The topological polar surface area (TPSA) is 93.6 Å². The molecule has 0 fully saturated rings. The summed E-state index contributed by atoms with van der Waals surface area (Å²) in [6, 6.07) is 19.5. The van der Waals surface area contributed by atoms with Crippen LogP contribution in [0.15, 0.2) is 53.5 Å². The molecule has 0 unspecified atom stereocenters. The van der Waals surface area contributed by atoms with Crippen LogP contribution in [-0.4, -0.2) is 45.3 Å². The molecule has 46 heavy (non-hydrogen) atoms. The smallest absolute Gasteiger partial charge is 0.217 e. The van der Waals surface area contributed by atoms with E-state index in [0.29, 0.717) is 13.1 Å². The quantitative estimate of drug-likeness (QED) is 0.197. The van der Waals surface area contributed by atoms with Crippen LogP contribution >= 0.6 is 0 Å². The molecule has 0 saturated carbocycles. The van der Waals surface area contributed by atoms with Gasteiger partial charge in [0.2, 0.25) is 5.90 Å². The molecule has 3 N–H and O–H groups in total. The van der Waals surface area contributed by atoms with Gasteiger partial charge in [-0.25, -0.2) is 4.99 Å². The SMILES string of the molecule is CC.CC.CC.CC.CC(C)(O)CN.Cc1[c-]c2ccccc2nc1C.Cc1nc2ccccc2c(C2=NCC(C)(C)O2)c1C.[W]. The van der Waals surface area contributed by atoms with Crippen LogP contribution in [0.25, 0.3) is 21.8 Å². The number of nitrogens with two attached hydrogens (primary N) is 1. The van der Waals surface area contributed by atoms with Crippen LogP contribution in [0.5, 0.6) is 0 Å². The fourth-order valence-corrected chi connectivity index (χ4v) is 3.66. The Morgan fingerprint density at radius 3 is 1.74 bits per heavy atom. The Labute approximate surface area is 296 Å². The summed E-state index contributed by atoms with van der Waals surface area (Å²) in [4.78, 5) is 13.7. The largest absolute Gasteiger partial charge is 0.469 e. The van der Waals surface area contributed by atoms with Crippen molar-refractivity contribution < 1.29 is 30.9 Å². The first-order valence-electron chi connectivity index (χ1n) is 16.6. The minimum absolute atomic E-state index is 0. The van der Waals surface area contributed by atoms with Crippen molar-refractivity contribution in [2.45, 2.75) is 122 Å². The normalized spacial score (nSPS) is 12.0. The van der Waals surface area contributed by atoms with Crippen LogP contribution < -0.4 is 5.73 Å². The van der Waals surface area contributed by atoms with E-state index in [2.05, 4.69) is 47.9 Å². The van der Waals surface area contributed by atoms with Gasteiger partial charge in [-0.3, -0.25) is 4.98 Å². The number of rotatable bonds is 2. The minimum atomic E-state index is -0.681. The number of ether oxygens (including phenoxy) is 1. The summed E-state index contributed by atoms with van der Waals surface area (Å²) >= 11 is 0. The van der Waals surface area contributed by atoms with E-state index < -0.39 is 5.60 Å². The van der Waals surface area contributed by atoms with E-state index in [9.17, 15) is 0 Å². The molecule has 4 aromatic rings. The van der Waals surface area contributed by atoms with Gasteiger partial charge in [-0.2, -0.15) is 0 Å². The zero-order chi connectivity index (χ0) is 35.4. The summed E-state index contributed by atoms with van der Waals surface area (Å²) in [5.74, 6) is 0.754. The van der Waals surface area contributed by atoms with Crippen molar-refractivity contribution in [2.75, 3.05) is 13.1 Å². The number of nitrogens with zero attached hydrogens (tertiary/aromatic N) is 3. The number of aliphatic imine (C=N–C) groups is 1. The van der Waals surface area contributed by atoms with Gasteiger partial charge < -0.3 is 20.6 Å². The molecule has 1 aliphatic heterocycles. The molecular formula is C39H63N4O2W-. The second kappa shape index (κ2) is 24.5. The van der Waals surface area contributed by atoms with Crippen molar-refractivity contribution in [2.24, 2.45) is 10.7 Å². The molecule has 0 saturated heterocycles. The van der Waals surface area contributed by atoms with Crippen molar-refractivity contribution in [3.63, 3.8) is 0 Å². The third-order valence-electron chi connectivity index (χ3n) is 6.13. The number of benzene rings is 2. The summed E-state index contributed by atoms with van der Waals surface area (Å²) in [7, 11) is 0. The summed E-state index contributed by atoms with van der Waals surface area (Å²) in [5.41, 5.74) is 11.7. The Morgan fingerprint density at radius 1 is 0.804 bits per heavy atom. The molecule has 1 aliphatic rings. The summed E-state index contributed by atoms with van der Waals surface area (Å²) < 4.78 is 6.00. The third-order valence-corrected chi connectivity index (χ3v) is 6.13. The maximum Gasteiger partial charge on any atom is 0.217 e. The first kappa shape index (κ1) is 47.7. The number of hydrogen-bond acceptors (Lipinski definition) is 6. The second-order valence-electron chi connectivity index (χ2n) is 10.7. The molecule has 0 amide bonds.